The zero-order valence-electron chi connectivity index (χ0n) is 11.9. The standard InChI is InChI=1S/C17H17FN2O/c1-2-10-21-14-8-6-13(7-9-14)12-20-17-5-3-4-16(18)15(17)11-19/h3-9,20H,2,10,12H2,1H3. The van der Waals surface area contributed by atoms with E-state index in [-0.39, 0.29) is 5.56 Å². The molecule has 2 aromatic rings. The monoisotopic (exact) mass is 284 g/mol. The number of nitrogens with one attached hydrogen (secondary N) is 1. The fourth-order valence-corrected chi connectivity index (χ4v) is 1.91. The minimum absolute atomic E-state index is 0.0420. The molecular formula is C17H17FN2O. The summed E-state index contributed by atoms with van der Waals surface area (Å²) in [5, 5.41) is 12.0. The molecule has 0 bridgehead atoms. The molecule has 4 heteroatoms. The number of rotatable bonds is 6. The van der Waals surface area contributed by atoms with Crippen LogP contribution in [0.5, 0.6) is 5.75 Å². The van der Waals surface area contributed by atoms with Crippen LogP contribution in [0.1, 0.15) is 24.5 Å². The van der Waals surface area contributed by atoms with Crippen molar-refractivity contribution < 1.29 is 9.13 Å². The molecule has 0 saturated heterocycles. The van der Waals surface area contributed by atoms with Crippen molar-refractivity contribution in [2.45, 2.75) is 19.9 Å². The molecule has 0 radical (unpaired) electrons. The van der Waals surface area contributed by atoms with E-state index in [1.807, 2.05) is 30.3 Å². The Morgan fingerprint density at radius 3 is 2.62 bits per heavy atom. The van der Waals surface area contributed by atoms with Crippen molar-refractivity contribution in [3.05, 3.63) is 59.4 Å². The SMILES string of the molecule is CCCOc1ccc(CNc2cccc(F)c2C#N)cc1. The van der Waals surface area contributed by atoms with Crippen molar-refractivity contribution in [1.29, 1.82) is 5.26 Å². The summed E-state index contributed by atoms with van der Waals surface area (Å²) in [6.07, 6.45) is 0.972. The molecule has 21 heavy (non-hydrogen) atoms. The van der Waals surface area contributed by atoms with E-state index in [9.17, 15) is 4.39 Å². The summed E-state index contributed by atoms with van der Waals surface area (Å²) in [6, 6.07) is 14.1. The summed E-state index contributed by atoms with van der Waals surface area (Å²) in [6.45, 7) is 3.28. The molecule has 3 nitrogen and oxygen atoms in total. The number of ether oxygens (including phenoxy) is 1. The summed E-state index contributed by atoms with van der Waals surface area (Å²) in [5.41, 5.74) is 1.58. The van der Waals surface area contributed by atoms with Crippen molar-refractivity contribution >= 4 is 5.69 Å². The number of nitriles is 1. The number of halogens is 1. The van der Waals surface area contributed by atoms with Crippen LogP contribution in [-0.2, 0) is 6.54 Å². The fourth-order valence-electron chi connectivity index (χ4n) is 1.91. The Morgan fingerprint density at radius 1 is 1.19 bits per heavy atom. The van der Waals surface area contributed by atoms with Crippen molar-refractivity contribution in [3.63, 3.8) is 0 Å². The minimum Gasteiger partial charge on any atom is -0.494 e. The molecule has 0 aliphatic heterocycles. The maximum atomic E-state index is 13.5. The van der Waals surface area contributed by atoms with Gasteiger partial charge in [0.2, 0.25) is 0 Å². The molecule has 108 valence electrons. The molecule has 0 heterocycles. The van der Waals surface area contributed by atoms with Crippen molar-refractivity contribution in [3.8, 4) is 11.8 Å². The third-order valence-corrected chi connectivity index (χ3v) is 3.00. The van der Waals surface area contributed by atoms with Crippen LogP contribution in [0.25, 0.3) is 0 Å². The molecule has 2 aromatic carbocycles. The molecule has 0 amide bonds. The molecular weight excluding hydrogens is 267 g/mol. The molecule has 1 N–H and O–H groups in total. The van der Waals surface area contributed by atoms with E-state index >= 15 is 0 Å². The zero-order valence-corrected chi connectivity index (χ0v) is 11.9. The van der Waals surface area contributed by atoms with Gasteiger partial charge in [-0.1, -0.05) is 25.1 Å². The van der Waals surface area contributed by atoms with Gasteiger partial charge in [0.05, 0.1) is 12.3 Å². The van der Waals surface area contributed by atoms with E-state index in [0.29, 0.717) is 18.8 Å². The summed E-state index contributed by atoms with van der Waals surface area (Å²) < 4.78 is 19.0. The van der Waals surface area contributed by atoms with Gasteiger partial charge in [-0.05, 0) is 36.2 Å². The average Bonchev–Trinajstić information content (AvgIpc) is 2.52. The number of benzene rings is 2. The highest BCUT2D eigenvalue weighted by Gasteiger charge is 2.07. The van der Waals surface area contributed by atoms with Crippen LogP contribution in [0, 0.1) is 17.1 Å². The Kier molecular flexibility index (Phi) is 5.16. The Labute approximate surface area is 124 Å². The van der Waals surface area contributed by atoms with Crippen molar-refractivity contribution in [1.82, 2.24) is 0 Å². The molecule has 0 fully saturated rings. The van der Waals surface area contributed by atoms with Crippen LogP contribution < -0.4 is 10.1 Å². The lowest BCUT2D eigenvalue weighted by molar-refractivity contribution is 0.317. The highest BCUT2D eigenvalue weighted by Crippen LogP contribution is 2.19. The predicted molar refractivity (Wildman–Crippen MR) is 80.7 cm³/mol. The second kappa shape index (κ2) is 7.30. The number of anilines is 1. The molecule has 2 rings (SSSR count). The van der Waals surface area contributed by atoms with Gasteiger partial charge in [-0.25, -0.2) is 4.39 Å². The van der Waals surface area contributed by atoms with Crippen LogP contribution in [-0.4, -0.2) is 6.61 Å². The summed E-state index contributed by atoms with van der Waals surface area (Å²) in [5.74, 6) is 0.329. The van der Waals surface area contributed by atoms with E-state index in [1.165, 1.54) is 6.07 Å². The van der Waals surface area contributed by atoms with Crippen LogP contribution in [0.2, 0.25) is 0 Å². The summed E-state index contributed by atoms with van der Waals surface area (Å²) in [4.78, 5) is 0. The first kappa shape index (κ1) is 14.9. The topological polar surface area (TPSA) is 45.0 Å². The third-order valence-electron chi connectivity index (χ3n) is 3.00. The molecule has 0 aromatic heterocycles. The number of nitrogens with zero attached hydrogens (tertiary/aromatic N) is 1. The minimum atomic E-state index is -0.509. The van der Waals surface area contributed by atoms with Gasteiger partial charge in [-0.3, -0.25) is 0 Å². The largest absolute Gasteiger partial charge is 0.494 e. The van der Waals surface area contributed by atoms with Gasteiger partial charge in [0.1, 0.15) is 23.2 Å². The van der Waals surface area contributed by atoms with Gasteiger partial charge < -0.3 is 10.1 Å². The molecule has 0 aliphatic rings. The second-order valence-corrected chi connectivity index (χ2v) is 4.62. The quantitative estimate of drug-likeness (QED) is 0.868. The highest BCUT2D eigenvalue weighted by atomic mass is 19.1. The van der Waals surface area contributed by atoms with Gasteiger partial charge >= 0.3 is 0 Å². The second-order valence-electron chi connectivity index (χ2n) is 4.62. The van der Waals surface area contributed by atoms with Crippen LogP contribution in [0.3, 0.4) is 0 Å². The van der Waals surface area contributed by atoms with Crippen molar-refractivity contribution in [2.24, 2.45) is 0 Å². The van der Waals surface area contributed by atoms with E-state index in [0.717, 1.165) is 17.7 Å². The van der Waals surface area contributed by atoms with Gasteiger partial charge in [-0.15, -0.1) is 0 Å². The highest BCUT2D eigenvalue weighted by molar-refractivity contribution is 5.58. The first-order valence-corrected chi connectivity index (χ1v) is 6.88. The first-order chi connectivity index (χ1) is 10.2. The normalized spacial score (nSPS) is 9.95. The number of hydrogen-bond acceptors (Lipinski definition) is 3. The lowest BCUT2D eigenvalue weighted by atomic mass is 10.1. The molecule has 0 atom stereocenters. The Bertz CT molecular complexity index is 632. The van der Waals surface area contributed by atoms with Gasteiger partial charge in [0.15, 0.2) is 0 Å². The van der Waals surface area contributed by atoms with Crippen LogP contribution in [0.15, 0.2) is 42.5 Å². The average molecular weight is 284 g/mol. The first-order valence-electron chi connectivity index (χ1n) is 6.88. The molecule has 0 unspecified atom stereocenters. The van der Waals surface area contributed by atoms with Crippen molar-refractivity contribution in [2.75, 3.05) is 11.9 Å². The number of hydrogen-bond donors (Lipinski definition) is 1. The van der Waals surface area contributed by atoms with Crippen LogP contribution >= 0.6 is 0 Å². The molecule has 0 aliphatic carbocycles. The maximum absolute atomic E-state index is 13.5. The lowest BCUT2D eigenvalue weighted by Crippen LogP contribution is -2.02. The van der Waals surface area contributed by atoms with Crippen LogP contribution in [0.4, 0.5) is 10.1 Å². The Morgan fingerprint density at radius 2 is 1.95 bits per heavy atom. The van der Waals surface area contributed by atoms with E-state index in [2.05, 4.69) is 12.2 Å². The van der Waals surface area contributed by atoms with E-state index in [4.69, 9.17) is 10.00 Å². The Balaban J connectivity index is 2.00. The smallest absolute Gasteiger partial charge is 0.143 e. The predicted octanol–water partition coefficient (Wildman–Crippen LogP) is 4.10. The lowest BCUT2D eigenvalue weighted by Gasteiger charge is -2.10. The molecule has 0 spiro atoms. The zero-order chi connectivity index (χ0) is 15.1. The maximum Gasteiger partial charge on any atom is 0.143 e. The van der Waals surface area contributed by atoms with Gasteiger partial charge in [0, 0.05) is 6.54 Å². The van der Waals surface area contributed by atoms with E-state index < -0.39 is 5.82 Å². The van der Waals surface area contributed by atoms with E-state index in [1.54, 1.807) is 12.1 Å². The van der Waals surface area contributed by atoms with Gasteiger partial charge in [-0.2, -0.15) is 5.26 Å². The van der Waals surface area contributed by atoms with Gasteiger partial charge in [0.25, 0.3) is 0 Å². The Hall–Kier alpha value is -2.54. The summed E-state index contributed by atoms with van der Waals surface area (Å²) >= 11 is 0. The summed E-state index contributed by atoms with van der Waals surface area (Å²) in [7, 11) is 0. The third kappa shape index (κ3) is 3.96. The molecule has 0 saturated carbocycles. The fraction of sp³-hybridized carbons (Fsp3) is 0.235.